The van der Waals surface area contributed by atoms with Crippen molar-refractivity contribution in [3.63, 3.8) is 0 Å². The van der Waals surface area contributed by atoms with E-state index in [0.717, 1.165) is 44.3 Å². The van der Waals surface area contributed by atoms with Gasteiger partial charge < -0.3 is 15.5 Å². The zero-order valence-electron chi connectivity index (χ0n) is 14.5. The van der Waals surface area contributed by atoms with E-state index in [4.69, 9.17) is 0 Å². The van der Waals surface area contributed by atoms with Crippen molar-refractivity contribution in [1.29, 1.82) is 0 Å². The van der Waals surface area contributed by atoms with Crippen molar-refractivity contribution in [2.75, 3.05) is 33.2 Å². The van der Waals surface area contributed by atoms with E-state index in [2.05, 4.69) is 53.3 Å². The molecule has 0 aromatic carbocycles. The van der Waals surface area contributed by atoms with Gasteiger partial charge in [0.2, 0.25) is 0 Å². The Morgan fingerprint density at radius 1 is 1.32 bits per heavy atom. The van der Waals surface area contributed by atoms with E-state index < -0.39 is 0 Å². The van der Waals surface area contributed by atoms with Crippen molar-refractivity contribution >= 4 is 5.96 Å². The Kier molecular flexibility index (Phi) is 9.23. The summed E-state index contributed by atoms with van der Waals surface area (Å²) in [6, 6.07) is 6.62. The van der Waals surface area contributed by atoms with Crippen LogP contribution >= 0.6 is 0 Å². The lowest BCUT2D eigenvalue weighted by atomic mass is 10.2. The van der Waals surface area contributed by atoms with Gasteiger partial charge in [-0.3, -0.25) is 9.98 Å². The molecule has 1 rings (SSSR count). The second kappa shape index (κ2) is 11.0. The molecule has 1 heterocycles. The van der Waals surface area contributed by atoms with Crippen molar-refractivity contribution in [1.82, 2.24) is 20.5 Å². The molecule has 0 aliphatic rings. The van der Waals surface area contributed by atoms with Crippen LogP contribution in [0.2, 0.25) is 0 Å². The maximum absolute atomic E-state index is 4.63. The van der Waals surface area contributed by atoms with Gasteiger partial charge >= 0.3 is 0 Å². The number of aliphatic imine (C=N–C) groups is 1. The average Bonchev–Trinajstić information content (AvgIpc) is 2.55. The molecule has 0 fully saturated rings. The summed E-state index contributed by atoms with van der Waals surface area (Å²) in [6.45, 7) is 10.0. The molecular weight excluding hydrogens is 274 g/mol. The molecule has 1 aromatic rings. The molecule has 1 atom stereocenters. The van der Waals surface area contributed by atoms with Crippen LogP contribution in [0.15, 0.2) is 29.4 Å². The predicted molar refractivity (Wildman–Crippen MR) is 94.3 cm³/mol. The Bertz CT molecular complexity index is 418. The second-order valence-electron chi connectivity index (χ2n) is 5.50. The third-order valence-electron chi connectivity index (χ3n) is 3.81. The highest BCUT2D eigenvalue weighted by atomic mass is 15.2. The number of hydrogen-bond donors (Lipinski definition) is 2. The zero-order valence-corrected chi connectivity index (χ0v) is 14.5. The van der Waals surface area contributed by atoms with Crippen molar-refractivity contribution in [2.24, 2.45) is 4.99 Å². The number of likely N-dealkylation sites (N-methyl/N-ethyl adjacent to an activating group) is 1. The molecule has 0 spiro atoms. The highest BCUT2D eigenvalue weighted by Gasteiger charge is 2.05. The Hall–Kier alpha value is -1.62. The van der Waals surface area contributed by atoms with E-state index in [1.807, 2.05) is 24.4 Å². The summed E-state index contributed by atoms with van der Waals surface area (Å²) in [4.78, 5) is 11.3. The van der Waals surface area contributed by atoms with Gasteiger partial charge in [0.25, 0.3) is 0 Å². The number of hydrogen-bond acceptors (Lipinski definition) is 3. The SMILES string of the molecule is CCNC(=NCCN(C)C(C)CC)NCCc1ccccn1. The summed E-state index contributed by atoms with van der Waals surface area (Å²) < 4.78 is 0. The van der Waals surface area contributed by atoms with Gasteiger partial charge in [0.15, 0.2) is 5.96 Å². The van der Waals surface area contributed by atoms with E-state index in [9.17, 15) is 0 Å². The first kappa shape index (κ1) is 18.4. The topological polar surface area (TPSA) is 52.6 Å². The maximum Gasteiger partial charge on any atom is 0.191 e. The van der Waals surface area contributed by atoms with Crippen LogP contribution in [0.1, 0.15) is 32.9 Å². The molecule has 0 radical (unpaired) electrons. The molecule has 2 N–H and O–H groups in total. The third-order valence-corrected chi connectivity index (χ3v) is 3.81. The van der Waals surface area contributed by atoms with Gasteiger partial charge in [0.05, 0.1) is 6.54 Å². The number of nitrogens with one attached hydrogen (secondary N) is 2. The maximum atomic E-state index is 4.63. The van der Waals surface area contributed by atoms with Crippen LogP contribution in [0.25, 0.3) is 0 Å². The molecule has 5 heteroatoms. The summed E-state index contributed by atoms with van der Waals surface area (Å²) in [5.74, 6) is 0.885. The molecule has 1 aromatic heterocycles. The number of pyridine rings is 1. The first-order chi connectivity index (χ1) is 10.7. The molecular formula is C17H31N5. The number of rotatable bonds is 9. The van der Waals surface area contributed by atoms with Gasteiger partial charge in [-0.25, -0.2) is 0 Å². The Morgan fingerprint density at radius 3 is 2.77 bits per heavy atom. The van der Waals surface area contributed by atoms with Crippen LogP contribution in [0.4, 0.5) is 0 Å². The summed E-state index contributed by atoms with van der Waals surface area (Å²) >= 11 is 0. The minimum atomic E-state index is 0.606. The van der Waals surface area contributed by atoms with E-state index in [0.29, 0.717) is 6.04 Å². The highest BCUT2D eigenvalue weighted by Crippen LogP contribution is 1.99. The zero-order chi connectivity index (χ0) is 16.2. The van der Waals surface area contributed by atoms with Gasteiger partial charge in [-0.1, -0.05) is 13.0 Å². The lowest BCUT2D eigenvalue weighted by Crippen LogP contribution is -2.39. The van der Waals surface area contributed by atoms with Crippen LogP contribution in [-0.2, 0) is 6.42 Å². The molecule has 0 bridgehead atoms. The molecule has 0 aliphatic carbocycles. The van der Waals surface area contributed by atoms with Crippen LogP contribution in [0, 0.1) is 0 Å². The molecule has 5 nitrogen and oxygen atoms in total. The minimum Gasteiger partial charge on any atom is -0.357 e. The molecule has 0 saturated heterocycles. The van der Waals surface area contributed by atoms with E-state index in [-0.39, 0.29) is 0 Å². The number of aromatic nitrogens is 1. The Morgan fingerprint density at radius 2 is 2.14 bits per heavy atom. The first-order valence-electron chi connectivity index (χ1n) is 8.29. The molecule has 22 heavy (non-hydrogen) atoms. The second-order valence-corrected chi connectivity index (χ2v) is 5.50. The fraction of sp³-hybridized carbons (Fsp3) is 0.647. The lowest BCUT2D eigenvalue weighted by Gasteiger charge is -2.22. The lowest BCUT2D eigenvalue weighted by molar-refractivity contribution is 0.259. The first-order valence-corrected chi connectivity index (χ1v) is 8.29. The Labute approximate surface area is 135 Å². The largest absolute Gasteiger partial charge is 0.357 e. The van der Waals surface area contributed by atoms with Gasteiger partial charge in [-0.2, -0.15) is 0 Å². The molecule has 0 aliphatic heterocycles. The fourth-order valence-electron chi connectivity index (χ4n) is 2.05. The summed E-state index contributed by atoms with van der Waals surface area (Å²) in [5, 5.41) is 6.65. The minimum absolute atomic E-state index is 0.606. The van der Waals surface area contributed by atoms with E-state index in [1.165, 1.54) is 6.42 Å². The standard InChI is InChI=1S/C17H31N5/c1-5-15(3)22(4)14-13-21-17(18-6-2)20-12-10-16-9-7-8-11-19-16/h7-9,11,15H,5-6,10,12-14H2,1-4H3,(H2,18,20,21). The molecule has 124 valence electrons. The fourth-order valence-corrected chi connectivity index (χ4v) is 2.05. The normalized spacial score (nSPS) is 13.2. The predicted octanol–water partition coefficient (Wildman–Crippen LogP) is 1.91. The summed E-state index contributed by atoms with van der Waals surface area (Å²) in [6.07, 6.45) is 3.90. The smallest absolute Gasteiger partial charge is 0.191 e. The van der Waals surface area contributed by atoms with Crippen LogP contribution in [0.5, 0.6) is 0 Å². The van der Waals surface area contributed by atoms with Gasteiger partial charge in [-0.15, -0.1) is 0 Å². The van der Waals surface area contributed by atoms with Crippen molar-refractivity contribution < 1.29 is 0 Å². The third kappa shape index (κ3) is 7.41. The van der Waals surface area contributed by atoms with Crippen LogP contribution in [0.3, 0.4) is 0 Å². The Balaban J connectivity index is 2.35. The van der Waals surface area contributed by atoms with Crippen molar-refractivity contribution in [3.8, 4) is 0 Å². The van der Waals surface area contributed by atoms with Crippen LogP contribution in [-0.4, -0.2) is 55.1 Å². The van der Waals surface area contributed by atoms with Gasteiger partial charge in [-0.05, 0) is 39.4 Å². The van der Waals surface area contributed by atoms with Crippen molar-refractivity contribution in [2.45, 2.75) is 39.7 Å². The van der Waals surface area contributed by atoms with Gasteiger partial charge in [0, 0.05) is 44.0 Å². The highest BCUT2D eigenvalue weighted by molar-refractivity contribution is 5.79. The summed E-state index contributed by atoms with van der Waals surface area (Å²) in [7, 11) is 2.16. The number of nitrogens with zero attached hydrogens (tertiary/aromatic N) is 3. The average molecular weight is 305 g/mol. The molecule has 0 amide bonds. The molecule has 0 saturated carbocycles. The van der Waals surface area contributed by atoms with E-state index >= 15 is 0 Å². The monoisotopic (exact) mass is 305 g/mol. The quantitative estimate of drug-likeness (QED) is 0.540. The van der Waals surface area contributed by atoms with Gasteiger partial charge in [0.1, 0.15) is 0 Å². The number of guanidine groups is 1. The van der Waals surface area contributed by atoms with Crippen LogP contribution < -0.4 is 10.6 Å². The van der Waals surface area contributed by atoms with Crippen molar-refractivity contribution in [3.05, 3.63) is 30.1 Å². The summed E-state index contributed by atoms with van der Waals surface area (Å²) in [5.41, 5.74) is 1.10. The van der Waals surface area contributed by atoms with E-state index in [1.54, 1.807) is 0 Å². The molecule has 1 unspecified atom stereocenters.